The monoisotopic (exact) mass is 302 g/mol. The molecule has 0 saturated carbocycles. The van der Waals surface area contributed by atoms with Gasteiger partial charge in [0.05, 0.1) is 17.3 Å². The van der Waals surface area contributed by atoms with E-state index in [0.717, 1.165) is 51.1 Å². The molecule has 2 heterocycles. The highest BCUT2D eigenvalue weighted by Crippen LogP contribution is 2.22. The normalized spacial score (nSPS) is 14.0. The summed E-state index contributed by atoms with van der Waals surface area (Å²) in [6, 6.07) is 8.40. The van der Waals surface area contributed by atoms with Crippen LogP contribution in [0.4, 0.5) is 0 Å². The zero-order chi connectivity index (χ0) is 14.5. The maximum atomic E-state index is 5.79. The second-order valence-corrected chi connectivity index (χ2v) is 6.52. The number of ether oxygens (including phenoxy) is 1. The van der Waals surface area contributed by atoms with Crippen molar-refractivity contribution in [3.05, 3.63) is 45.4 Å². The van der Waals surface area contributed by atoms with Gasteiger partial charge in [-0.3, -0.25) is 0 Å². The largest absolute Gasteiger partial charge is 0.494 e. The average molecular weight is 302 g/mol. The molecule has 112 valence electrons. The number of hydrogen-bond acceptors (Lipinski definition) is 4. The van der Waals surface area contributed by atoms with Crippen molar-refractivity contribution in [2.45, 2.75) is 39.2 Å². The molecule has 3 rings (SSSR count). The quantitative estimate of drug-likeness (QED) is 0.831. The van der Waals surface area contributed by atoms with Crippen molar-refractivity contribution in [2.75, 3.05) is 13.2 Å². The van der Waals surface area contributed by atoms with Crippen molar-refractivity contribution in [2.24, 2.45) is 0 Å². The highest BCUT2D eigenvalue weighted by atomic mass is 32.1. The van der Waals surface area contributed by atoms with Crippen LogP contribution >= 0.6 is 11.3 Å². The Labute approximate surface area is 130 Å². The number of rotatable bonds is 6. The van der Waals surface area contributed by atoms with Crippen molar-refractivity contribution in [1.82, 2.24) is 10.3 Å². The van der Waals surface area contributed by atoms with Gasteiger partial charge >= 0.3 is 0 Å². The number of aromatic nitrogens is 1. The van der Waals surface area contributed by atoms with E-state index in [0.29, 0.717) is 0 Å². The molecular formula is C17H22N2OS. The van der Waals surface area contributed by atoms with Crippen LogP contribution in [0.3, 0.4) is 0 Å². The molecule has 4 heteroatoms. The minimum Gasteiger partial charge on any atom is -0.494 e. The Morgan fingerprint density at radius 1 is 1.29 bits per heavy atom. The smallest absolute Gasteiger partial charge is 0.119 e. The average Bonchev–Trinajstić information content (AvgIpc) is 2.95. The van der Waals surface area contributed by atoms with Crippen molar-refractivity contribution in [3.63, 3.8) is 0 Å². The molecule has 1 aromatic heterocycles. The van der Waals surface area contributed by atoms with E-state index in [1.54, 1.807) is 0 Å². The first-order valence-electron chi connectivity index (χ1n) is 7.75. The second kappa shape index (κ2) is 7.05. The number of nitrogens with zero attached hydrogens (tertiary/aromatic N) is 1. The Kier molecular flexibility index (Phi) is 4.88. The second-order valence-electron chi connectivity index (χ2n) is 5.35. The van der Waals surface area contributed by atoms with E-state index in [2.05, 4.69) is 36.5 Å². The van der Waals surface area contributed by atoms with Gasteiger partial charge in [0.2, 0.25) is 0 Å². The van der Waals surface area contributed by atoms with Crippen LogP contribution in [0.2, 0.25) is 0 Å². The highest BCUT2D eigenvalue weighted by molar-refractivity contribution is 7.11. The topological polar surface area (TPSA) is 34.1 Å². The summed E-state index contributed by atoms with van der Waals surface area (Å²) in [6.07, 6.45) is 4.19. The first-order valence-corrected chi connectivity index (χ1v) is 8.56. The lowest BCUT2D eigenvalue weighted by atomic mass is 10.2. The Bertz CT molecular complexity index is 553. The van der Waals surface area contributed by atoms with E-state index in [-0.39, 0.29) is 0 Å². The fraction of sp³-hybridized carbons (Fsp3) is 0.471. The molecule has 1 aliphatic rings. The molecule has 1 N–H and O–H groups in total. The summed E-state index contributed by atoms with van der Waals surface area (Å²) < 4.78 is 5.79. The van der Waals surface area contributed by atoms with Gasteiger partial charge in [0, 0.05) is 30.8 Å². The molecule has 3 nitrogen and oxygen atoms in total. The first kappa shape index (κ1) is 14.5. The molecule has 0 atom stereocenters. The van der Waals surface area contributed by atoms with E-state index < -0.39 is 0 Å². The van der Waals surface area contributed by atoms with Gasteiger partial charge in [0.25, 0.3) is 0 Å². The van der Waals surface area contributed by atoms with E-state index in [1.165, 1.54) is 21.1 Å². The van der Waals surface area contributed by atoms with E-state index in [1.807, 2.05) is 11.3 Å². The zero-order valence-electron chi connectivity index (χ0n) is 12.5. The Morgan fingerprint density at radius 2 is 2.14 bits per heavy atom. The zero-order valence-corrected chi connectivity index (χ0v) is 13.3. The summed E-state index contributed by atoms with van der Waals surface area (Å²) in [4.78, 5) is 6.16. The number of aryl methyl sites for hydroxylation is 2. The van der Waals surface area contributed by atoms with Gasteiger partial charge in [-0.2, -0.15) is 0 Å². The highest BCUT2D eigenvalue weighted by Gasteiger charge is 2.14. The van der Waals surface area contributed by atoms with Gasteiger partial charge in [-0.25, -0.2) is 4.98 Å². The van der Waals surface area contributed by atoms with Gasteiger partial charge < -0.3 is 10.1 Å². The third-order valence-corrected chi connectivity index (χ3v) is 4.94. The molecule has 0 aliphatic carbocycles. The van der Waals surface area contributed by atoms with Crippen molar-refractivity contribution in [3.8, 4) is 5.75 Å². The van der Waals surface area contributed by atoms with Crippen LogP contribution in [-0.2, 0) is 25.8 Å². The molecule has 21 heavy (non-hydrogen) atoms. The van der Waals surface area contributed by atoms with E-state index in [9.17, 15) is 0 Å². The molecule has 0 fully saturated rings. The van der Waals surface area contributed by atoms with E-state index >= 15 is 0 Å². The van der Waals surface area contributed by atoms with Crippen molar-refractivity contribution >= 4 is 11.3 Å². The molecule has 0 amide bonds. The number of fused-ring (bicyclic) bond motifs is 1. The Balaban J connectivity index is 1.44. The lowest BCUT2D eigenvalue weighted by Crippen LogP contribution is -2.22. The molecule has 2 aromatic rings. The van der Waals surface area contributed by atoms with Crippen LogP contribution in [0.5, 0.6) is 5.75 Å². The van der Waals surface area contributed by atoms with E-state index in [4.69, 9.17) is 9.72 Å². The lowest BCUT2D eigenvalue weighted by Gasteiger charge is -2.09. The summed E-state index contributed by atoms with van der Waals surface area (Å²) >= 11 is 1.86. The number of thiazole rings is 1. The fourth-order valence-electron chi connectivity index (χ4n) is 2.52. The molecule has 0 bridgehead atoms. The maximum absolute atomic E-state index is 5.79. The van der Waals surface area contributed by atoms with Gasteiger partial charge in [0.15, 0.2) is 0 Å². The SMILES string of the molecule is CCc1ccc(OCCCc2nc3c(s2)CNCC3)cc1. The molecule has 0 spiro atoms. The molecule has 1 aliphatic heterocycles. The third kappa shape index (κ3) is 3.83. The van der Waals surface area contributed by atoms with Gasteiger partial charge in [-0.1, -0.05) is 19.1 Å². The van der Waals surface area contributed by atoms with Gasteiger partial charge in [0.1, 0.15) is 5.75 Å². The Hall–Kier alpha value is -1.39. The van der Waals surface area contributed by atoms with Crippen molar-refractivity contribution in [1.29, 1.82) is 0 Å². The molecule has 0 unspecified atom stereocenters. The predicted molar refractivity (Wildman–Crippen MR) is 87.2 cm³/mol. The summed E-state index contributed by atoms with van der Waals surface area (Å²) in [5, 5.41) is 4.66. The minimum atomic E-state index is 0.758. The maximum Gasteiger partial charge on any atom is 0.119 e. The molecule has 1 aromatic carbocycles. The van der Waals surface area contributed by atoms with Crippen LogP contribution in [0.25, 0.3) is 0 Å². The van der Waals surface area contributed by atoms with Crippen LogP contribution in [0.15, 0.2) is 24.3 Å². The van der Waals surface area contributed by atoms with Crippen LogP contribution in [0.1, 0.15) is 34.5 Å². The summed E-state index contributed by atoms with van der Waals surface area (Å²) in [6.45, 7) is 4.98. The minimum absolute atomic E-state index is 0.758. The number of hydrogen-bond donors (Lipinski definition) is 1. The number of nitrogens with one attached hydrogen (secondary N) is 1. The molecule has 0 radical (unpaired) electrons. The van der Waals surface area contributed by atoms with Crippen LogP contribution in [-0.4, -0.2) is 18.1 Å². The summed E-state index contributed by atoms with van der Waals surface area (Å²) in [5.41, 5.74) is 2.66. The van der Waals surface area contributed by atoms with Gasteiger partial charge in [-0.05, 0) is 30.5 Å². The van der Waals surface area contributed by atoms with Crippen LogP contribution in [0, 0.1) is 0 Å². The predicted octanol–water partition coefficient (Wildman–Crippen LogP) is 3.36. The van der Waals surface area contributed by atoms with Crippen LogP contribution < -0.4 is 10.1 Å². The molecular weight excluding hydrogens is 280 g/mol. The first-order chi connectivity index (χ1) is 10.3. The third-order valence-electron chi connectivity index (χ3n) is 3.78. The summed E-state index contributed by atoms with van der Waals surface area (Å²) in [7, 11) is 0. The van der Waals surface area contributed by atoms with Crippen molar-refractivity contribution < 1.29 is 4.74 Å². The summed E-state index contributed by atoms with van der Waals surface area (Å²) in [5.74, 6) is 0.967. The standard InChI is InChI=1S/C17H22N2OS/c1-2-13-5-7-14(8-6-13)20-11-3-4-17-19-15-9-10-18-12-16(15)21-17/h5-8,18H,2-4,9-12H2,1H3. The lowest BCUT2D eigenvalue weighted by molar-refractivity contribution is 0.311. The van der Waals surface area contributed by atoms with Gasteiger partial charge in [-0.15, -0.1) is 11.3 Å². The number of benzene rings is 1. The Morgan fingerprint density at radius 3 is 2.90 bits per heavy atom. The molecule has 0 saturated heterocycles. The fourth-order valence-corrected chi connectivity index (χ4v) is 3.65.